The molecule has 3 fully saturated rings. The van der Waals surface area contributed by atoms with Crippen LogP contribution in [-0.2, 0) is 9.78 Å². The smallest absolute Gasteiger partial charge is 0.107 e. The second-order valence-electron chi connectivity index (χ2n) is 7.58. The van der Waals surface area contributed by atoms with E-state index in [1.807, 2.05) is 0 Å². The summed E-state index contributed by atoms with van der Waals surface area (Å²) in [7, 11) is 0. The average molecular weight is 270 g/mol. The fraction of sp³-hybridized carbons (Fsp3) is 1.00. The van der Waals surface area contributed by atoms with Crippen LogP contribution in [0.1, 0.15) is 47.0 Å². The molecule has 0 aromatic carbocycles. The van der Waals surface area contributed by atoms with E-state index >= 15 is 0 Å². The number of aliphatic hydroxyl groups is 2. The first-order valence-electron chi connectivity index (χ1n) is 7.50. The van der Waals surface area contributed by atoms with Gasteiger partial charge in [-0.1, -0.05) is 13.8 Å². The number of aliphatic hydroxyl groups excluding tert-OH is 1. The molecule has 4 nitrogen and oxygen atoms in total. The standard InChI is InChI=1S/C15H26O4/c1-8(2)9-5-10-13(15(4,17)12(16)6-9)11-7-14(10,3)19-18-11/h8-13,16-17H,5-7H2,1-4H3/t9-,10-,11+,12+,13-,14-,15-/m0/s1. The molecule has 110 valence electrons. The molecule has 1 heterocycles. The molecule has 1 aliphatic heterocycles. The first-order chi connectivity index (χ1) is 8.75. The molecule has 0 spiro atoms. The van der Waals surface area contributed by atoms with Crippen molar-refractivity contribution >= 4 is 0 Å². The van der Waals surface area contributed by atoms with E-state index in [-0.39, 0.29) is 23.5 Å². The zero-order valence-corrected chi connectivity index (χ0v) is 12.3. The lowest BCUT2D eigenvalue weighted by Gasteiger charge is -2.42. The SMILES string of the molecule is CC(C)[C@@H]1C[C@@H](O)[C@](C)(O)[C@@H]2[C@H]3C[C@](C)(OO3)[C@H]2C1. The van der Waals surface area contributed by atoms with Gasteiger partial charge in [-0.2, -0.15) is 0 Å². The summed E-state index contributed by atoms with van der Waals surface area (Å²) >= 11 is 0. The maximum absolute atomic E-state index is 10.8. The fourth-order valence-electron chi connectivity index (χ4n) is 4.57. The van der Waals surface area contributed by atoms with Gasteiger partial charge in [0.25, 0.3) is 0 Å². The van der Waals surface area contributed by atoms with Gasteiger partial charge in [0, 0.05) is 12.3 Å². The van der Waals surface area contributed by atoms with Crippen LogP contribution < -0.4 is 0 Å². The van der Waals surface area contributed by atoms with Crippen molar-refractivity contribution in [2.24, 2.45) is 23.7 Å². The lowest BCUT2D eigenvalue weighted by molar-refractivity contribution is -0.382. The molecular weight excluding hydrogens is 244 g/mol. The Hall–Kier alpha value is -0.160. The van der Waals surface area contributed by atoms with E-state index in [2.05, 4.69) is 20.8 Å². The lowest BCUT2D eigenvalue weighted by Crippen LogP contribution is -2.53. The van der Waals surface area contributed by atoms with Crippen LogP contribution in [0.4, 0.5) is 0 Å². The highest BCUT2D eigenvalue weighted by atomic mass is 17.2. The summed E-state index contributed by atoms with van der Waals surface area (Å²) in [5, 5.41) is 21.3. The van der Waals surface area contributed by atoms with Crippen molar-refractivity contribution in [2.75, 3.05) is 0 Å². The van der Waals surface area contributed by atoms with E-state index < -0.39 is 11.7 Å². The van der Waals surface area contributed by atoms with Crippen molar-refractivity contribution in [1.29, 1.82) is 0 Å². The highest BCUT2D eigenvalue weighted by Gasteiger charge is 2.66. The monoisotopic (exact) mass is 270 g/mol. The summed E-state index contributed by atoms with van der Waals surface area (Å²) in [6, 6.07) is 0. The van der Waals surface area contributed by atoms with Crippen LogP contribution in [0.3, 0.4) is 0 Å². The van der Waals surface area contributed by atoms with Crippen LogP contribution in [0.25, 0.3) is 0 Å². The molecule has 19 heavy (non-hydrogen) atoms. The first kappa shape index (κ1) is 13.8. The third kappa shape index (κ3) is 1.88. The summed E-state index contributed by atoms with van der Waals surface area (Å²) < 4.78 is 0. The maximum atomic E-state index is 10.8. The molecule has 0 amide bonds. The van der Waals surface area contributed by atoms with E-state index in [0.717, 1.165) is 12.8 Å². The van der Waals surface area contributed by atoms with Crippen LogP contribution in [0.15, 0.2) is 0 Å². The Morgan fingerprint density at radius 1 is 1.21 bits per heavy atom. The van der Waals surface area contributed by atoms with Crippen LogP contribution in [0.2, 0.25) is 0 Å². The molecular formula is C15H26O4. The van der Waals surface area contributed by atoms with Gasteiger partial charge in [0.05, 0.1) is 11.7 Å². The summed E-state index contributed by atoms with van der Waals surface area (Å²) in [4.78, 5) is 10.9. The number of hydrogen-bond donors (Lipinski definition) is 2. The molecule has 2 bridgehead atoms. The first-order valence-corrected chi connectivity index (χ1v) is 7.50. The van der Waals surface area contributed by atoms with Gasteiger partial charge in [0.2, 0.25) is 0 Å². The Morgan fingerprint density at radius 2 is 1.89 bits per heavy atom. The lowest BCUT2D eigenvalue weighted by atomic mass is 9.74. The quantitative estimate of drug-likeness (QED) is 0.714. The highest BCUT2D eigenvalue weighted by Crippen LogP contribution is 2.58. The van der Waals surface area contributed by atoms with Gasteiger partial charge in [0.15, 0.2) is 0 Å². The molecule has 0 unspecified atom stereocenters. The van der Waals surface area contributed by atoms with E-state index in [4.69, 9.17) is 9.78 Å². The van der Waals surface area contributed by atoms with Crippen molar-refractivity contribution in [3.05, 3.63) is 0 Å². The second-order valence-corrected chi connectivity index (χ2v) is 7.58. The maximum Gasteiger partial charge on any atom is 0.107 e. The Labute approximate surface area is 115 Å². The van der Waals surface area contributed by atoms with E-state index in [0.29, 0.717) is 18.3 Å². The van der Waals surface area contributed by atoms with Crippen molar-refractivity contribution in [2.45, 2.75) is 70.4 Å². The Bertz CT molecular complexity index is 367. The summed E-state index contributed by atoms with van der Waals surface area (Å²) in [5.41, 5.74) is -1.38. The van der Waals surface area contributed by atoms with Crippen LogP contribution in [-0.4, -0.2) is 33.6 Å². The third-order valence-corrected chi connectivity index (χ3v) is 5.96. The van der Waals surface area contributed by atoms with Gasteiger partial charge in [0.1, 0.15) is 11.7 Å². The van der Waals surface area contributed by atoms with Crippen LogP contribution in [0, 0.1) is 23.7 Å². The Kier molecular flexibility index (Phi) is 3.03. The average Bonchev–Trinajstić information content (AvgIpc) is 2.77. The van der Waals surface area contributed by atoms with Crippen molar-refractivity contribution in [1.82, 2.24) is 0 Å². The minimum Gasteiger partial charge on any atom is -0.390 e. The molecule has 7 atom stereocenters. The van der Waals surface area contributed by atoms with Crippen molar-refractivity contribution in [3.63, 3.8) is 0 Å². The van der Waals surface area contributed by atoms with Gasteiger partial charge in [-0.25, -0.2) is 9.78 Å². The molecule has 2 saturated carbocycles. The second kappa shape index (κ2) is 4.17. The fourth-order valence-corrected chi connectivity index (χ4v) is 4.57. The van der Waals surface area contributed by atoms with Crippen molar-refractivity contribution in [3.8, 4) is 0 Å². The normalized spacial score (nSPS) is 57.3. The largest absolute Gasteiger partial charge is 0.390 e. The number of rotatable bonds is 1. The van der Waals surface area contributed by atoms with Crippen LogP contribution >= 0.6 is 0 Å². The van der Waals surface area contributed by atoms with Gasteiger partial charge < -0.3 is 10.2 Å². The molecule has 0 aromatic heterocycles. The topological polar surface area (TPSA) is 58.9 Å². The Morgan fingerprint density at radius 3 is 2.53 bits per heavy atom. The zero-order valence-electron chi connectivity index (χ0n) is 12.3. The minimum atomic E-state index is -1.08. The Balaban J connectivity index is 1.97. The minimum absolute atomic E-state index is 0.0231. The van der Waals surface area contributed by atoms with Gasteiger partial charge >= 0.3 is 0 Å². The van der Waals surface area contributed by atoms with Gasteiger partial charge in [-0.3, -0.25) is 0 Å². The molecule has 0 radical (unpaired) electrons. The molecule has 3 rings (SSSR count). The van der Waals surface area contributed by atoms with E-state index in [9.17, 15) is 10.2 Å². The van der Waals surface area contributed by atoms with E-state index in [1.54, 1.807) is 6.92 Å². The van der Waals surface area contributed by atoms with Crippen molar-refractivity contribution < 1.29 is 20.0 Å². The van der Waals surface area contributed by atoms with Crippen LogP contribution in [0.5, 0.6) is 0 Å². The zero-order chi connectivity index (χ0) is 14.0. The highest BCUT2D eigenvalue weighted by molar-refractivity contribution is 5.12. The third-order valence-electron chi connectivity index (χ3n) is 5.96. The molecule has 2 aliphatic carbocycles. The predicted molar refractivity (Wildman–Crippen MR) is 70.2 cm³/mol. The number of hydrogen-bond acceptors (Lipinski definition) is 4. The van der Waals surface area contributed by atoms with Gasteiger partial charge in [-0.05, 0) is 44.4 Å². The summed E-state index contributed by atoms with van der Waals surface area (Å²) in [5.74, 6) is 1.18. The van der Waals surface area contributed by atoms with E-state index in [1.165, 1.54) is 0 Å². The molecule has 0 aromatic rings. The summed E-state index contributed by atoms with van der Waals surface area (Å²) in [6.45, 7) is 8.24. The molecule has 1 saturated heterocycles. The van der Waals surface area contributed by atoms with Gasteiger partial charge in [-0.15, -0.1) is 0 Å². The summed E-state index contributed by atoms with van der Waals surface area (Å²) in [6.07, 6.45) is 1.74. The molecule has 3 aliphatic rings. The number of fused-ring (bicyclic) bond motifs is 5. The molecule has 4 heteroatoms. The molecule has 2 N–H and O–H groups in total. The predicted octanol–water partition coefficient (Wildman–Crippen LogP) is 1.89.